The van der Waals surface area contributed by atoms with Crippen LogP contribution in [0.2, 0.25) is 0 Å². The number of nitrogens with zero attached hydrogens (tertiary/aromatic N) is 2. The summed E-state index contributed by atoms with van der Waals surface area (Å²) in [5, 5.41) is 2.55. The highest BCUT2D eigenvalue weighted by Crippen LogP contribution is 2.67. The van der Waals surface area contributed by atoms with E-state index < -0.39 is 0 Å². The molecule has 0 saturated heterocycles. The van der Waals surface area contributed by atoms with Crippen LogP contribution < -0.4 is 4.90 Å². The van der Waals surface area contributed by atoms with Gasteiger partial charge in [0.25, 0.3) is 0 Å². The molecule has 0 aliphatic heterocycles. The monoisotopic (exact) mass is 934 g/mol. The minimum absolute atomic E-state index is 0.250. The van der Waals surface area contributed by atoms with Crippen LogP contribution in [-0.2, 0) is 11.8 Å². The molecule has 6 aliphatic rings. The Morgan fingerprint density at radius 3 is 2.12 bits per heavy atom. The van der Waals surface area contributed by atoms with Crippen molar-refractivity contribution in [2.24, 2.45) is 5.92 Å². The van der Waals surface area contributed by atoms with E-state index in [1.165, 1.54) is 111 Å². The number of aromatic nitrogens is 1. The van der Waals surface area contributed by atoms with Crippen LogP contribution in [0.3, 0.4) is 0 Å². The van der Waals surface area contributed by atoms with Gasteiger partial charge in [0, 0.05) is 51.2 Å². The Balaban J connectivity index is 0.784. The Labute approximate surface area is 428 Å². The molecule has 0 N–H and O–H groups in total. The van der Waals surface area contributed by atoms with Crippen LogP contribution in [0.5, 0.6) is 0 Å². The van der Waals surface area contributed by atoms with Gasteiger partial charge in [-0.3, -0.25) is 0 Å². The number of hydrogen-bond donors (Lipinski definition) is 0. The van der Waals surface area contributed by atoms with Gasteiger partial charge in [-0.25, -0.2) is 0 Å². The highest BCUT2D eigenvalue weighted by atomic mass is 15.1. The van der Waals surface area contributed by atoms with E-state index in [0.717, 1.165) is 37.8 Å². The van der Waals surface area contributed by atoms with E-state index in [0.29, 0.717) is 17.8 Å². The molecule has 1 heterocycles. The van der Waals surface area contributed by atoms with Crippen molar-refractivity contribution in [3.8, 4) is 22.3 Å². The molecule has 348 valence electrons. The zero-order valence-electron chi connectivity index (χ0n) is 40.8. The molecule has 6 aliphatic carbocycles. The van der Waals surface area contributed by atoms with Crippen molar-refractivity contribution in [1.29, 1.82) is 0 Å². The molecule has 0 radical (unpaired) electrons. The highest BCUT2D eigenvalue weighted by molar-refractivity contribution is 6.11. The number of allylic oxidation sites excluding steroid dienone is 13. The van der Waals surface area contributed by atoms with E-state index in [4.69, 9.17) is 0 Å². The van der Waals surface area contributed by atoms with Crippen molar-refractivity contribution in [3.05, 3.63) is 287 Å². The SMILES string of the molecule is C1=CC2c3ccc(N(c4ccc(-c5ccc(-c6ccc7c(c6)c6ccccc6n7C6=CCC(c7ccccc7)C=C6)cc5)cc4)c4cccc5c4C=CCC5)cc3C3(C4=CCCC=C4c4ccccc43)C2C=C1. The van der Waals surface area contributed by atoms with Crippen LogP contribution in [0.4, 0.5) is 17.1 Å². The first kappa shape index (κ1) is 42.2. The van der Waals surface area contributed by atoms with Crippen molar-refractivity contribution in [2.75, 3.05) is 4.90 Å². The van der Waals surface area contributed by atoms with Gasteiger partial charge in [-0.05, 0) is 153 Å². The second kappa shape index (κ2) is 16.8. The summed E-state index contributed by atoms with van der Waals surface area (Å²) >= 11 is 0. The van der Waals surface area contributed by atoms with Gasteiger partial charge < -0.3 is 9.47 Å². The third-order valence-corrected chi connectivity index (χ3v) is 17.1. The molecule has 8 aromatic carbocycles. The van der Waals surface area contributed by atoms with Crippen LogP contribution in [0.25, 0.3) is 61.4 Å². The van der Waals surface area contributed by atoms with Crippen LogP contribution in [0.1, 0.15) is 76.5 Å². The topological polar surface area (TPSA) is 8.17 Å². The van der Waals surface area contributed by atoms with Crippen LogP contribution >= 0.6 is 0 Å². The van der Waals surface area contributed by atoms with Crippen LogP contribution in [0, 0.1) is 5.92 Å². The van der Waals surface area contributed by atoms with Gasteiger partial charge in [0.1, 0.15) is 0 Å². The van der Waals surface area contributed by atoms with Gasteiger partial charge in [0.15, 0.2) is 0 Å². The first-order valence-electron chi connectivity index (χ1n) is 26.5. The molecule has 2 nitrogen and oxygen atoms in total. The van der Waals surface area contributed by atoms with Crippen molar-refractivity contribution >= 4 is 56.2 Å². The van der Waals surface area contributed by atoms with Gasteiger partial charge in [-0.2, -0.15) is 0 Å². The number of anilines is 3. The Morgan fingerprint density at radius 1 is 0.521 bits per heavy atom. The fourth-order valence-corrected chi connectivity index (χ4v) is 13.9. The average molecular weight is 935 g/mol. The Kier molecular flexibility index (Phi) is 9.74. The lowest BCUT2D eigenvalue weighted by Gasteiger charge is -2.37. The molecule has 15 rings (SSSR count). The molecule has 0 bridgehead atoms. The summed E-state index contributed by atoms with van der Waals surface area (Å²) in [6.07, 6.45) is 31.7. The minimum atomic E-state index is -0.250. The van der Waals surface area contributed by atoms with Gasteiger partial charge in [0.2, 0.25) is 0 Å². The standard InChI is InChI=1S/C71H54N2/c1-2-15-47(16-3-1)49-35-40-55(41-36-49)73-69-27-13-9-23-62(69)63-45-53(37-44-70(63)73)51-31-29-48(30-32-51)50-33-38-54(39-34-50)72(68-28-14-18-52-17-4-5-19-57(52)68)56-42-43-61-60-22-8-12-26-66(60)71(67(61)46-56)64-24-10-6-20-58(64)59-21-7-11-25-65(59)71/h1-3,5-6,8-10,12-16,18-35,37-46,49,60,66H,4,7,11,17,36H2. The maximum atomic E-state index is 2.58. The van der Waals surface area contributed by atoms with Crippen LogP contribution in [-0.4, -0.2) is 4.57 Å². The van der Waals surface area contributed by atoms with E-state index in [1.54, 1.807) is 0 Å². The first-order valence-corrected chi connectivity index (χ1v) is 26.5. The van der Waals surface area contributed by atoms with E-state index in [2.05, 4.69) is 258 Å². The quantitative estimate of drug-likeness (QED) is 0.155. The summed E-state index contributed by atoms with van der Waals surface area (Å²) in [6, 6.07) is 68.8. The minimum Gasteiger partial charge on any atom is -0.310 e. The number of fused-ring (bicyclic) bond motifs is 14. The molecule has 1 spiro atoms. The summed E-state index contributed by atoms with van der Waals surface area (Å²) in [5.74, 6) is 1.03. The lowest BCUT2D eigenvalue weighted by atomic mass is 9.64. The highest BCUT2D eigenvalue weighted by Gasteiger charge is 2.58. The Bertz CT molecular complexity index is 3940. The molecule has 4 unspecified atom stereocenters. The smallest absolute Gasteiger partial charge is 0.0541 e. The molecular weight excluding hydrogens is 881 g/mol. The molecule has 4 atom stereocenters. The summed E-state index contributed by atoms with van der Waals surface area (Å²) in [6.45, 7) is 0. The van der Waals surface area contributed by atoms with Crippen molar-refractivity contribution in [1.82, 2.24) is 4.57 Å². The van der Waals surface area contributed by atoms with Gasteiger partial charge in [-0.15, -0.1) is 0 Å². The second-order valence-corrected chi connectivity index (χ2v) is 20.8. The molecule has 2 heteroatoms. The Morgan fingerprint density at radius 2 is 1.26 bits per heavy atom. The summed E-state index contributed by atoms with van der Waals surface area (Å²) in [7, 11) is 0. The molecule has 1 aromatic heterocycles. The average Bonchev–Trinajstić information content (AvgIpc) is 4.07. The van der Waals surface area contributed by atoms with E-state index in [9.17, 15) is 0 Å². The fourth-order valence-electron chi connectivity index (χ4n) is 13.9. The molecule has 0 saturated carbocycles. The predicted molar refractivity (Wildman–Crippen MR) is 307 cm³/mol. The third-order valence-electron chi connectivity index (χ3n) is 17.1. The molecule has 9 aromatic rings. The van der Waals surface area contributed by atoms with Crippen molar-refractivity contribution < 1.29 is 0 Å². The maximum absolute atomic E-state index is 2.58. The predicted octanol–water partition coefficient (Wildman–Crippen LogP) is 18.4. The fraction of sp³-hybridized carbons (Fsp3) is 0.127. The van der Waals surface area contributed by atoms with Gasteiger partial charge >= 0.3 is 0 Å². The maximum Gasteiger partial charge on any atom is 0.0541 e. The van der Waals surface area contributed by atoms with E-state index in [1.807, 2.05) is 0 Å². The summed E-state index contributed by atoms with van der Waals surface area (Å²) in [5.41, 5.74) is 24.7. The molecule has 0 amide bonds. The number of benzene rings is 8. The van der Waals surface area contributed by atoms with Crippen molar-refractivity contribution in [2.45, 2.75) is 49.4 Å². The Hall–Kier alpha value is -8.46. The summed E-state index contributed by atoms with van der Waals surface area (Å²) < 4.78 is 2.45. The van der Waals surface area contributed by atoms with E-state index in [-0.39, 0.29) is 5.41 Å². The first-order chi connectivity index (χ1) is 36.2. The van der Waals surface area contributed by atoms with E-state index >= 15 is 0 Å². The number of rotatable bonds is 7. The summed E-state index contributed by atoms with van der Waals surface area (Å²) in [4.78, 5) is 2.53. The molecule has 73 heavy (non-hydrogen) atoms. The van der Waals surface area contributed by atoms with Gasteiger partial charge in [0.05, 0.1) is 22.1 Å². The largest absolute Gasteiger partial charge is 0.310 e. The molecule has 0 fully saturated rings. The lowest BCUT2D eigenvalue weighted by Crippen LogP contribution is -2.33. The van der Waals surface area contributed by atoms with Crippen molar-refractivity contribution in [3.63, 3.8) is 0 Å². The lowest BCUT2D eigenvalue weighted by molar-refractivity contribution is 0.464. The van der Waals surface area contributed by atoms with Gasteiger partial charge in [-0.1, -0.05) is 194 Å². The second-order valence-electron chi connectivity index (χ2n) is 20.8. The zero-order valence-corrected chi connectivity index (χ0v) is 40.8. The third kappa shape index (κ3) is 6.49. The molecular formula is C71H54N2. The zero-order chi connectivity index (χ0) is 48.0. The number of aryl methyl sites for hydroxylation is 1. The van der Waals surface area contributed by atoms with Crippen LogP contribution in [0.15, 0.2) is 248 Å². The number of para-hydroxylation sites is 1. The normalized spacial score (nSPS) is 20.8. The number of hydrogen-bond acceptors (Lipinski definition) is 1.